The summed E-state index contributed by atoms with van der Waals surface area (Å²) in [6, 6.07) is 8.16. The number of rotatable bonds is 1. The van der Waals surface area contributed by atoms with E-state index < -0.39 is 6.41 Å². The quantitative estimate of drug-likeness (QED) is 0.722. The molecule has 1 aliphatic rings. The van der Waals surface area contributed by atoms with Crippen LogP contribution in [0.5, 0.6) is 0 Å². The summed E-state index contributed by atoms with van der Waals surface area (Å²) >= 11 is 0. The SMILES string of the molecule is Cc1ccc(C2CC(N)OC(N)O2)cc1. The molecule has 2 rings (SSSR count). The second-order valence-electron chi connectivity index (χ2n) is 3.81. The smallest absolute Gasteiger partial charge is 0.215 e. The molecule has 82 valence electrons. The fraction of sp³-hybridized carbons (Fsp3) is 0.455. The zero-order valence-electron chi connectivity index (χ0n) is 8.72. The maximum Gasteiger partial charge on any atom is 0.215 e. The summed E-state index contributed by atoms with van der Waals surface area (Å²) < 4.78 is 10.6. The highest BCUT2D eigenvalue weighted by atomic mass is 16.7. The van der Waals surface area contributed by atoms with Crippen molar-refractivity contribution < 1.29 is 9.47 Å². The molecule has 0 aliphatic carbocycles. The van der Waals surface area contributed by atoms with Gasteiger partial charge in [0.2, 0.25) is 6.41 Å². The predicted octanol–water partition coefficient (Wildman–Crippen LogP) is 1.00. The van der Waals surface area contributed by atoms with Gasteiger partial charge in [-0.1, -0.05) is 29.8 Å². The Hall–Kier alpha value is -0.940. The maximum atomic E-state index is 5.70. The molecule has 0 spiro atoms. The van der Waals surface area contributed by atoms with Crippen molar-refractivity contribution in [3.63, 3.8) is 0 Å². The van der Waals surface area contributed by atoms with Crippen LogP contribution in [-0.2, 0) is 9.47 Å². The van der Waals surface area contributed by atoms with Crippen LogP contribution in [-0.4, -0.2) is 12.6 Å². The van der Waals surface area contributed by atoms with E-state index >= 15 is 0 Å². The first-order valence-corrected chi connectivity index (χ1v) is 5.04. The van der Waals surface area contributed by atoms with Gasteiger partial charge in [-0.2, -0.15) is 0 Å². The van der Waals surface area contributed by atoms with Gasteiger partial charge >= 0.3 is 0 Å². The molecule has 1 saturated heterocycles. The Morgan fingerprint density at radius 1 is 1.13 bits per heavy atom. The third-order valence-electron chi connectivity index (χ3n) is 2.50. The average Bonchev–Trinajstić information content (AvgIpc) is 2.17. The first-order chi connectivity index (χ1) is 7.15. The van der Waals surface area contributed by atoms with Crippen molar-refractivity contribution in [1.82, 2.24) is 0 Å². The fourth-order valence-corrected chi connectivity index (χ4v) is 1.68. The van der Waals surface area contributed by atoms with Gasteiger partial charge in [-0.25, -0.2) is 0 Å². The van der Waals surface area contributed by atoms with Crippen LogP contribution in [0.25, 0.3) is 0 Å². The lowest BCUT2D eigenvalue weighted by atomic mass is 10.0. The highest BCUT2D eigenvalue weighted by Crippen LogP contribution is 2.27. The van der Waals surface area contributed by atoms with Crippen molar-refractivity contribution >= 4 is 0 Å². The van der Waals surface area contributed by atoms with E-state index in [-0.39, 0.29) is 12.3 Å². The summed E-state index contributed by atoms with van der Waals surface area (Å²) in [4.78, 5) is 0. The Kier molecular flexibility index (Phi) is 3.02. The van der Waals surface area contributed by atoms with Gasteiger partial charge in [0.25, 0.3) is 0 Å². The second-order valence-corrected chi connectivity index (χ2v) is 3.81. The molecule has 4 nitrogen and oxygen atoms in total. The minimum atomic E-state index is -0.722. The van der Waals surface area contributed by atoms with Gasteiger partial charge in [0.05, 0.1) is 6.10 Å². The largest absolute Gasteiger partial charge is 0.332 e. The minimum Gasteiger partial charge on any atom is -0.332 e. The molecule has 0 bridgehead atoms. The maximum absolute atomic E-state index is 5.70. The highest BCUT2D eigenvalue weighted by molar-refractivity contribution is 5.23. The van der Waals surface area contributed by atoms with Crippen LogP contribution in [0.2, 0.25) is 0 Å². The normalized spacial score (nSPS) is 31.5. The van der Waals surface area contributed by atoms with Crippen molar-refractivity contribution in [2.75, 3.05) is 0 Å². The Labute approximate surface area is 89.2 Å². The Morgan fingerprint density at radius 3 is 2.40 bits per heavy atom. The highest BCUT2D eigenvalue weighted by Gasteiger charge is 2.26. The summed E-state index contributed by atoms with van der Waals surface area (Å²) in [6.45, 7) is 2.05. The van der Waals surface area contributed by atoms with Gasteiger partial charge in [-0.05, 0) is 12.5 Å². The molecule has 0 amide bonds. The van der Waals surface area contributed by atoms with Gasteiger partial charge in [-0.15, -0.1) is 0 Å². The molecule has 4 N–H and O–H groups in total. The number of benzene rings is 1. The first-order valence-electron chi connectivity index (χ1n) is 5.04. The topological polar surface area (TPSA) is 70.5 Å². The molecular formula is C11H16N2O2. The minimum absolute atomic E-state index is 0.0654. The van der Waals surface area contributed by atoms with Crippen molar-refractivity contribution in [2.24, 2.45) is 11.5 Å². The van der Waals surface area contributed by atoms with Crippen molar-refractivity contribution in [3.8, 4) is 0 Å². The zero-order valence-corrected chi connectivity index (χ0v) is 8.72. The van der Waals surface area contributed by atoms with Crippen LogP contribution in [0, 0.1) is 6.92 Å². The molecule has 1 aromatic carbocycles. The number of nitrogens with two attached hydrogens (primary N) is 2. The van der Waals surface area contributed by atoms with Gasteiger partial charge in [0.1, 0.15) is 6.23 Å². The van der Waals surface area contributed by atoms with Gasteiger partial charge in [0.15, 0.2) is 0 Å². The molecule has 3 unspecified atom stereocenters. The Morgan fingerprint density at radius 2 is 1.80 bits per heavy atom. The summed E-state index contributed by atoms with van der Waals surface area (Å²) in [5.74, 6) is 0. The molecule has 1 aliphatic heterocycles. The van der Waals surface area contributed by atoms with Crippen LogP contribution in [0.1, 0.15) is 23.7 Å². The molecule has 3 atom stereocenters. The number of ether oxygens (including phenoxy) is 2. The standard InChI is InChI=1S/C11H16N2O2/c1-7-2-4-8(5-3-7)9-6-10(12)15-11(13)14-9/h2-5,9-11H,6,12-13H2,1H3. The summed E-state index contributed by atoms with van der Waals surface area (Å²) in [6.07, 6.45) is -0.499. The summed E-state index contributed by atoms with van der Waals surface area (Å²) in [7, 11) is 0. The fourth-order valence-electron chi connectivity index (χ4n) is 1.68. The first kappa shape index (κ1) is 10.6. The van der Waals surface area contributed by atoms with E-state index in [0.717, 1.165) is 5.56 Å². The number of aryl methyl sites for hydroxylation is 1. The molecule has 0 radical (unpaired) electrons. The van der Waals surface area contributed by atoms with Gasteiger partial charge in [0, 0.05) is 6.42 Å². The van der Waals surface area contributed by atoms with E-state index in [1.54, 1.807) is 0 Å². The molecule has 1 heterocycles. The van der Waals surface area contributed by atoms with E-state index in [2.05, 4.69) is 0 Å². The van der Waals surface area contributed by atoms with Crippen LogP contribution < -0.4 is 11.5 Å². The van der Waals surface area contributed by atoms with E-state index in [1.807, 2.05) is 31.2 Å². The predicted molar refractivity (Wildman–Crippen MR) is 56.7 cm³/mol. The van der Waals surface area contributed by atoms with Crippen molar-refractivity contribution in [2.45, 2.75) is 32.1 Å². The summed E-state index contributed by atoms with van der Waals surface area (Å²) in [5.41, 5.74) is 13.6. The molecule has 1 fully saturated rings. The molecule has 1 aromatic rings. The third-order valence-corrected chi connectivity index (χ3v) is 2.50. The number of hydrogen-bond donors (Lipinski definition) is 2. The van der Waals surface area contributed by atoms with Crippen LogP contribution in [0.4, 0.5) is 0 Å². The molecule has 15 heavy (non-hydrogen) atoms. The molecular weight excluding hydrogens is 192 g/mol. The molecule has 0 aromatic heterocycles. The van der Waals surface area contributed by atoms with Crippen LogP contribution >= 0.6 is 0 Å². The monoisotopic (exact) mass is 208 g/mol. The summed E-state index contributed by atoms with van der Waals surface area (Å²) in [5, 5.41) is 0. The van der Waals surface area contributed by atoms with E-state index in [4.69, 9.17) is 20.9 Å². The van der Waals surface area contributed by atoms with Gasteiger partial charge in [-0.3, -0.25) is 5.73 Å². The van der Waals surface area contributed by atoms with E-state index in [9.17, 15) is 0 Å². The lowest BCUT2D eigenvalue weighted by molar-refractivity contribution is -0.240. The Bertz CT molecular complexity index is 316. The van der Waals surface area contributed by atoms with Gasteiger partial charge < -0.3 is 15.2 Å². The van der Waals surface area contributed by atoms with Crippen molar-refractivity contribution in [3.05, 3.63) is 35.4 Å². The third kappa shape index (κ3) is 2.54. The van der Waals surface area contributed by atoms with Crippen LogP contribution in [0.3, 0.4) is 0 Å². The Balaban J connectivity index is 2.12. The van der Waals surface area contributed by atoms with E-state index in [1.165, 1.54) is 5.56 Å². The van der Waals surface area contributed by atoms with Crippen molar-refractivity contribution in [1.29, 1.82) is 0 Å². The lowest BCUT2D eigenvalue weighted by Gasteiger charge is -2.32. The average molecular weight is 208 g/mol. The number of hydrogen-bond acceptors (Lipinski definition) is 4. The lowest BCUT2D eigenvalue weighted by Crippen LogP contribution is -2.43. The van der Waals surface area contributed by atoms with E-state index in [0.29, 0.717) is 6.42 Å². The molecule has 4 heteroatoms. The zero-order chi connectivity index (χ0) is 10.8. The second kappa shape index (κ2) is 4.28. The molecule has 0 saturated carbocycles. The van der Waals surface area contributed by atoms with Crippen LogP contribution in [0.15, 0.2) is 24.3 Å².